The lowest BCUT2D eigenvalue weighted by atomic mass is 10.3. The third-order valence-corrected chi connectivity index (χ3v) is 3.01. The van der Waals surface area contributed by atoms with Gasteiger partial charge < -0.3 is 13.9 Å². The molecule has 0 bridgehead atoms. The molecule has 0 fully saturated rings. The molecule has 3 aromatic heterocycles. The SMILES string of the molecule is [2H]c1c(-n2ccnc2)c2nc(OC)c(Cl)cc2n1C. The summed E-state index contributed by atoms with van der Waals surface area (Å²) >= 11 is 6.08. The summed E-state index contributed by atoms with van der Waals surface area (Å²) < 4.78 is 16.8. The molecule has 18 heavy (non-hydrogen) atoms. The highest BCUT2D eigenvalue weighted by molar-refractivity contribution is 6.32. The van der Waals surface area contributed by atoms with E-state index in [9.17, 15) is 0 Å². The lowest BCUT2D eigenvalue weighted by Gasteiger charge is -2.03. The number of fused-ring (bicyclic) bond motifs is 1. The summed E-state index contributed by atoms with van der Waals surface area (Å²) in [5.41, 5.74) is 2.09. The fourth-order valence-corrected chi connectivity index (χ4v) is 2.10. The highest BCUT2D eigenvalue weighted by Crippen LogP contribution is 2.30. The Kier molecular flexibility index (Phi) is 2.23. The van der Waals surface area contributed by atoms with Gasteiger partial charge in [0.25, 0.3) is 0 Å². The first-order chi connectivity index (χ1) is 9.13. The number of ether oxygens (including phenoxy) is 1. The van der Waals surface area contributed by atoms with E-state index in [1.807, 2.05) is 0 Å². The Balaban J connectivity index is 2.41. The van der Waals surface area contributed by atoms with Crippen LogP contribution in [0.4, 0.5) is 0 Å². The number of methoxy groups -OCH3 is 1. The number of aromatic nitrogens is 4. The molecule has 0 atom stereocenters. The van der Waals surface area contributed by atoms with Crippen LogP contribution in [0.15, 0.2) is 31.0 Å². The summed E-state index contributed by atoms with van der Waals surface area (Å²) in [6, 6.07) is 1.75. The smallest absolute Gasteiger partial charge is 0.233 e. The number of halogens is 1. The van der Waals surface area contributed by atoms with E-state index in [1.54, 1.807) is 41.0 Å². The van der Waals surface area contributed by atoms with Crippen LogP contribution in [0.3, 0.4) is 0 Å². The van der Waals surface area contributed by atoms with Crippen molar-refractivity contribution in [2.75, 3.05) is 7.11 Å². The topological polar surface area (TPSA) is 44.9 Å². The molecule has 0 saturated carbocycles. The van der Waals surface area contributed by atoms with Crippen molar-refractivity contribution in [3.63, 3.8) is 0 Å². The quantitative estimate of drug-likeness (QED) is 0.713. The van der Waals surface area contributed by atoms with Gasteiger partial charge in [0.1, 0.15) is 10.5 Å². The van der Waals surface area contributed by atoms with Crippen LogP contribution in [0.1, 0.15) is 1.37 Å². The van der Waals surface area contributed by atoms with Gasteiger partial charge in [0, 0.05) is 25.6 Å². The first-order valence-corrected chi connectivity index (χ1v) is 5.69. The van der Waals surface area contributed by atoms with E-state index in [-0.39, 0.29) is 0 Å². The number of pyridine rings is 1. The van der Waals surface area contributed by atoms with Crippen molar-refractivity contribution in [2.24, 2.45) is 7.05 Å². The van der Waals surface area contributed by atoms with E-state index < -0.39 is 0 Å². The molecule has 0 aliphatic heterocycles. The summed E-state index contributed by atoms with van der Waals surface area (Å²) in [5.74, 6) is 0.348. The number of imidazole rings is 1. The van der Waals surface area contributed by atoms with Gasteiger partial charge >= 0.3 is 0 Å². The van der Waals surface area contributed by atoms with Gasteiger partial charge in [-0.05, 0) is 6.07 Å². The summed E-state index contributed by atoms with van der Waals surface area (Å²) in [6.07, 6.45) is 5.40. The molecule has 0 aromatic carbocycles. The Morgan fingerprint density at radius 1 is 1.50 bits per heavy atom. The van der Waals surface area contributed by atoms with E-state index in [1.165, 1.54) is 7.11 Å². The summed E-state index contributed by atoms with van der Waals surface area (Å²) in [4.78, 5) is 8.39. The zero-order valence-corrected chi connectivity index (χ0v) is 10.6. The van der Waals surface area contributed by atoms with E-state index in [0.717, 1.165) is 5.52 Å². The Bertz CT molecular complexity index is 751. The van der Waals surface area contributed by atoms with Crippen molar-refractivity contribution in [1.82, 2.24) is 19.1 Å². The van der Waals surface area contributed by atoms with Crippen LogP contribution in [-0.4, -0.2) is 26.2 Å². The first kappa shape index (κ1) is 9.96. The predicted molar refractivity (Wildman–Crippen MR) is 69.4 cm³/mol. The van der Waals surface area contributed by atoms with Crippen LogP contribution in [-0.2, 0) is 7.05 Å². The molecule has 0 saturated heterocycles. The number of rotatable bonds is 2. The molecule has 6 heteroatoms. The maximum absolute atomic E-state index is 8.19. The molecule has 5 nitrogen and oxygen atoms in total. The molecule has 0 N–H and O–H groups in total. The van der Waals surface area contributed by atoms with Crippen LogP contribution in [0, 0.1) is 0 Å². The number of nitrogens with zero attached hydrogens (tertiary/aromatic N) is 4. The molecule has 0 radical (unpaired) electrons. The van der Waals surface area contributed by atoms with Crippen LogP contribution < -0.4 is 4.74 Å². The van der Waals surface area contributed by atoms with Gasteiger partial charge in [-0.25, -0.2) is 9.97 Å². The molecule has 3 rings (SSSR count). The van der Waals surface area contributed by atoms with Crippen LogP contribution in [0.2, 0.25) is 5.02 Å². The zero-order chi connectivity index (χ0) is 13.6. The minimum Gasteiger partial charge on any atom is -0.480 e. The van der Waals surface area contributed by atoms with Crippen molar-refractivity contribution in [2.45, 2.75) is 0 Å². The minimum absolute atomic E-state index is 0.338. The van der Waals surface area contributed by atoms with E-state index in [4.69, 9.17) is 17.7 Å². The van der Waals surface area contributed by atoms with Crippen LogP contribution >= 0.6 is 11.6 Å². The summed E-state index contributed by atoms with van der Waals surface area (Å²) in [6.45, 7) is 0. The van der Waals surface area contributed by atoms with E-state index in [2.05, 4.69) is 9.97 Å². The molecule has 92 valence electrons. The van der Waals surface area contributed by atoms with Crippen molar-refractivity contribution in [1.29, 1.82) is 0 Å². The van der Waals surface area contributed by atoms with Crippen LogP contribution in [0.5, 0.6) is 5.88 Å². The highest BCUT2D eigenvalue weighted by atomic mass is 35.5. The first-order valence-electron chi connectivity index (χ1n) is 5.81. The number of hydrogen-bond acceptors (Lipinski definition) is 3. The minimum atomic E-state index is 0.338. The fraction of sp³-hybridized carbons (Fsp3) is 0.167. The average Bonchev–Trinajstić information content (AvgIpc) is 2.99. The Morgan fingerprint density at radius 3 is 3.00 bits per heavy atom. The van der Waals surface area contributed by atoms with Gasteiger partial charge in [-0.2, -0.15) is 0 Å². The van der Waals surface area contributed by atoms with Crippen molar-refractivity contribution in [3.05, 3.63) is 36.0 Å². The molecule has 0 unspecified atom stereocenters. The second kappa shape index (κ2) is 4.03. The van der Waals surface area contributed by atoms with E-state index >= 15 is 0 Å². The summed E-state index contributed by atoms with van der Waals surface area (Å²) in [5, 5.41) is 0.424. The number of aryl methyl sites for hydroxylation is 1. The Hall–Kier alpha value is -2.01. The predicted octanol–water partition coefficient (Wildman–Crippen LogP) is 2.42. The molecule has 0 aliphatic carbocycles. The Labute approximate surface area is 110 Å². The normalized spacial score (nSPS) is 11.8. The van der Waals surface area contributed by atoms with Gasteiger partial charge in [0.05, 0.1) is 26.0 Å². The van der Waals surface area contributed by atoms with Crippen molar-refractivity contribution < 1.29 is 6.11 Å². The highest BCUT2D eigenvalue weighted by Gasteiger charge is 2.13. The molecular weight excluding hydrogens is 252 g/mol. The zero-order valence-electron chi connectivity index (χ0n) is 10.9. The van der Waals surface area contributed by atoms with Crippen molar-refractivity contribution >= 4 is 22.6 Å². The third kappa shape index (κ3) is 1.55. The Morgan fingerprint density at radius 2 is 2.33 bits per heavy atom. The molecule has 0 aliphatic rings. The second-order valence-corrected chi connectivity index (χ2v) is 4.24. The summed E-state index contributed by atoms with van der Waals surface area (Å²) in [7, 11) is 3.32. The molecule has 0 amide bonds. The lowest BCUT2D eigenvalue weighted by Crippen LogP contribution is -1.92. The van der Waals surface area contributed by atoms with Crippen molar-refractivity contribution in [3.8, 4) is 11.6 Å². The molecular formula is C12H11ClN4O. The second-order valence-electron chi connectivity index (χ2n) is 3.84. The fourth-order valence-electron chi connectivity index (χ4n) is 1.88. The average molecular weight is 264 g/mol. The lowest BCUT2D eigenvalue weighted by molar-refractivity contribution is 0.400. The maximum atomic E-state index is 8.19. The largest absolute Gasteiger partial charge is 0.480 e. The van der Waals surface area contributed by atoms with Gasteiger partial charge in [0.15, 0.2) is 0 Å². The van der Waals surface area contributed by atoms with E-state index in [0.29, 0.717) is 28.3 Å². The third-order valence-electron chi connectivity index (χ3n) is 2.74. The maximum Gasteiger partial charge on any atom is 0.233 e. The van der Waals surface area contributed by atoms with Gasteiger partial charge in [0.2, 0.25) is 5.88 Å². The van der Waals surface area contributed by atoms with Gasteiger partial charge in [-0.1, -0.05) is 11.6 Å². The molecule has 3 heterocycles. The van der Waals surface area contributed by atoms with Gasteiger partial charge in [-0.15, -0.1) is 0 Å². The monoisotopic (exact) mass is 263 g/mol. The molecule has 0 spiro atoms. The number of hydrogen-bond donors (Lipinski definition) is 0. The molecule has 3 aromatic rings. The van der Waals surface area contributed by atoms with Crippen LogP contribution in [0.25, 0.3) is 16.7 Å². The van der Waals surface area contributed by atoms with Gasteiger partial charge in [-0.3, -0.25) is 0 Å². The standard InChI is InChI=1S/C12H11ClN4O/c1-16-6-10(17-4-3-14-7-17)11-9(16)5-8(13)12(15-11)18-2/h3-7H,1-2H3/i6D.